The average Bonchev–Trinajstić information content (AvgIpc) is 2.64. The predicted octanol–water partition coefficient (Wildman–Crippen LogP) is 1.51. The van der Waals surface area contributed by atoms with Gasteiger partial charge in [-0.05, 0) is 37.0 Å². The fourth-order valence-corrected chi connectivity index (χ4v) is 3.01. The van der Waals surface area contributed by atoms with Crippen LogP contribution in [0.3, 0.4) is 0 Å². The SMILES string of the molecule is CN(C=O)CC1CC2CCC1C2. The van der Waals surface area contributed by atoms with Crippen molar-refractivity contribution in [2.24, 2.45) is 17.8 Å². The van der Waals surface area contributed by atoms with E-state index in [1.165, 1.54) is 25.7 Å². The zero-order chi connectivity index (χ0) is 8.55. The zero-order valence-electron chi connectivity index (χ0n) is 7.70. The Hall–Kier alpha value is -0.530. The number of hydrogen-bond acceptors (Lipinski definition) is 1. The first-order valence-electron chi connectivity index (χ1n) is 4.95. The predicted molar refractivity (Wildman–Crippen MR) is 47.6 cm³/mol. The highest BCUT2D eigenvalue weighted by molar-refractivity contribution is 5.46. The molecule has 0 aromatic rings. The van der Waals surface area contributed by atoms with Gasteiger partial charge in [-0.3, -0.25) is 4.79 Å². The number of carbonyl (C=O) groups excluding carboxylic acids is 1. The first kappa shape index (κ1) is 8.09. The molecule has 0 aliphatic heterocycles. The fourth-order valence-electron chi connectivity index (χ4n) is 3.01. The van der Waals surface area contributed by atoms with Gasteiger partial charge in [0.05, 0.1) is 0 Å². The van der Waals surface area contributed by atoms with Gasteiger partial charge < -0.3 is 4.90 Å². The van der Waals surface area contributed by atoms with E-state index in [2.05, 4.69) is 0 Å². The topological polar surface area (TPSA) is 20.3 Å². The second-order valence-electron chi connectivity index (χ2n) is 4.48. The molecular formula is C10H17NO. The summed E-state index contributed by atoms with van der Waals surface area (Å²) in [6.07, 6.45) is 6.64. The Morgan fingerprint density at radius 1 is 1.42 bits per heavy atom. The van der Waals surface area contributed by atoms with Gasteiger partial charge >= 0.3 is 0 Å². The molecule has 2 aliphatic rings. The summed E-state index contributed by atoms with van der Waals surface area (Å²) in [6.45, 7) is 0.991. The van der Waals surface area contributed by atoms with Gasteiger partial charge in [-0.25, -0.2) is 0 Å². The standard InChI is InChI=1S/C10H17NO/c1-11(7-12)6-10-5-8-2-3-9(10)4-8/h7-10H,2-6H2,1H3. The summed E-state index contributed by atoms with van der Waals surface area (Å²) in [7, 11) is 1.89. The molecule has 0 aromatic carbocycles. The van der Waals surface area contributed by atoms with Crippen molar-refractivity contribution in [3.8, 4) is 0 Å². The van der Waals surface area contributed by atoms with E-state index >= 15 is 0 Å². The first-order valence-corrected chi connectivity index (χ1v) is 4.95. The van der Waals surface area contributed by atoms with Crippen LogP contribution in [0.5, 0.6) is 0 Å². The van der Waals surface area contributed by atoms with Crippen LogP contribution in [0.15, 0.2) is 0 Å². The van der Waals surface area contributed by atoms with E-state index in [1.54, 1.807) is 4.90 Å². The second-order valence-corrected chi connectivity index (χ2v) is 4.48. The number of rotatable bonds is 3. The van der Waals surface area contributed by atoms with Crippen molar-refractivity contribution >= 4 is 6.41 Å². The molecule has 0 N–H and O–H groups in total. The molecule has 1 amide bonds. The molecule has 0 aromatic heterocycles. The van der Waals surface area contributed by atoms with Gasteiger partial charge in [0.25, 0.3) is 0 Å². The van der Waals surface area contributed by atoms with Crippen LogP contribution < -0.4 is 0 Å². The maximum atomic E-state index is 10.4. The summed E-state index contributed by atoms with van der Waals surface area (Å²) in [5.74, 6) is 2.76. The highest BCUT2D eigenvalue weighted by atomic mass is 16.1. The van der Waals surface area contributed by atoms with Crippen LogP contribution in [0.1, 0.15) is 25.7 Å². The first-order chi connectivity index (χ1) is 5.79. The summed E-state index contributed by atoms with van der Waals surface area (Å²) < 4.78 is 0. The lowest BCUT2D eigenvalue weighted by molar-refractivity contribution is -0.117. The molecule has 2 nitrogen and oxygen atoms in total. The largest absolute Gasteiger partial charge is 0.348 e. The van der Waals surface area contributed by atoms with Crippen LogP contribution in [-0.2, 0) is 4.79 Å². The number of carbonyl (C=O) groups is 1. The molecule has 12 heavy (non-hydrogen) atoms. The summed E-state index contributed by atoms with van der Waals surface area (Å²) in [6, 6.07) is 0. The molecule has 0 saturated heterocycles. The lowest BCUT2D eigenvalue weighted by Crippen LogP contribution is -2.27. The molecule has 0 spiro atoms. The van der Waals surface area contributed by atoms with Gasteiger partial charge in [0.1, 0.15) is 0 Å². The second kappa shape index (κ2) is 3.08. The van der Waals surface area contributed by atoms with Crippen molar-refractivity contribution in [3.63, 3.8) is 0 Å². The highest BCUT2D eigenvalue weighted by Gasteiger charge is 2.39. The van der Waals surface area contributed by atoms with E-state index in [1.807, 2.05) is 7.05 Å². The Morgan fingerprint density at radius 3 is 2.75 bits per heavy atom. The molecule has 68 valence electrons. The molecule has 2 heteroatoms. The van der Waals surface area contributed by atoms with Crippen LogP contribution in [0.25, 0.3) is 0 Å². The van der Waals surface area contributed by atoms with Crippen LogP contribution in [0, 0.1) is 17.8 Å². The van der Waals surface area contributed by atoms with Crippen LogP contribution in [-0.4, -0.2) is 24.9 Å². The number of fused-ring (bicyclic) bond motifs is 2. The zero-order valence-corrected chi connectivity index (χ0v) is 7.70. The number of hydrogen-bond donors (Lipinski definition) is 0. The molecule has 3 unspecified atom stereocenters. The van der Waals surface area contributed by atoms with Gasteiger partial charge in [-0.2, -0.15) is 0 Å². The average molecular weight is 167 g/mol. The monoisotopic (exact) mass is 167 g/mol. The molecule has 2 bridgehead atoms. The Kier molecular flexibility index (Phi) is 2.07. The van der Waals surface area contributed by atoms with Crippen molar-refractivity contribution < 1.29 is 4.79 Å². The van der Waals surface area contributed by atoms with Crippen LogP contribution in [0.4, 0.5) is 0 Å². The molecule has 2 rings (SSSR count). The van der Waals surface area contributed by atoms with Gasteiger partial charge in [0.15, 0.2) is 0 Å². The third-order valence-electron chi connectivity index (χ3n) is 3.59. The van der Waals surface area contributed by atoms with Crippen molar-refractivity contribution in [2.75, 3.05) is 13.6 Å². The Bertz CT molecular complexity index is 181. The summed E-state index contributed by atoms with van der Waals surface area (Å²) in [5, 5.41) is 0. The van der Waals surface area contributed by atoms with Crippen molar-refractivity contribution in [1.29, 1.82) is 0 Å². The molecular weight excluding hydrogens is 150 g/mol. The summed E-state index contributed by atoms with van der Waals surface area (Å²) in [4.78, 5) is 12.2. The highest BCUT2D eigenvalue weighted by Crippen LogP contribution is 2.48. The lowest BCUT2D eigenvalue weighted by atomic mass is 9.88. The van der Waals surface area contributed by atoms with Crippen LogP contribution >= 0.6 is 0 Å². The third kappa shape index (κ3) is 1.35. The van der Waals surface area contributed by atoms with Crippen molar-refractivity contribution in [3.05, 3.63) is 0 Å². The van der Waals surface area contributed by atoms with Gasteiger partial charge in [-0.1, -0.05) is 6.42 Å². The lowest BCUT2D eigenvalue weighted by Gasteiger charge is -2.24. The normalized spacial score (nSPS) is 38.6. The summed E-state index contributed by atoms with van der Waals surface area (Å²) >= 11 is 0. The van der Waals surface area contributed by atoms with E-state index in [-0.39, 0.29) is 0 Å². The van der Waals surface area contributed by atoms with Gasteiger partial charge in [0, 0.05) is 13.6 Å². The number of amides is 1. The smallest absolute Gasteiger partial charge is 0.209 e. The minimum Gasteiger partial charge on any atom is -0.348 e. The third-order valence-corrected chi connectivity index (χ3v) is 3.59. The maximum absolute atomic E-state index is 10.4. The summed E-state index contributed by atoms with van der Waals surface area (Å²) in [5.41, 5.74) is 0. The van der Waals surface area contributed by atoms with E-state index in [0.717, 1.165) is 30.7 Å². The minimum absolute atomic E-state index is 0.818. The maximum Gasteiger partial charge on any atom is 0.209 e. The molecule has 0 heterocycles. The molecule has 2 fully saturated rings. The van der Waals surface area contributed by atoms with Gasteiger partial charge in [-0.15, -0.1) is 0 Å². The number of nitrogens with zero attached hydrogens (tertiary/aromatic N) is 1. The fraction of sp³-hybridized carbons (Fsp3) is 0.900. The molecule has 3 atom stereocenters. The van der Waals surface area contributed by atoms with Gasteiger partial charge in [0.2, 0.25) is 6.41 Å². The van der Waals surface area contributed by atoms with E-state index in [9.17, 15) is 4.79 Å². The minimum atomic E-state index is 0.818. The van der Waals surface area contributed by atoms with Crippen LogP contribution in [0.2, 0.25) is 0 Å². The Balaban J connectivity index is 1.86. The van der Waals surface area contributed by atoms with Crippen molar-refractivity contribution in [1.82, 2.24) is 4.90 Å². The van der Waals surface area contributed by atoms with Crippen molar-refractivity contribution in [2.45, 2.75) is 25.7 Å². The van der Waals surface area contributed by atoms with E-state index < -0.39 is 0 Å². The quantitative estimate of drug-likeness (QED) is 0.583. The molecule has 2 saturated carbocycles. The Labute approximate surface area is 73.9 Å². The Morgan fingerprint density at radius 2 is 2.25 bits per heavy atom. The molecule has 0 radical (unpaired) electrons. The van der Waals surface area contributed by atoms with E-state index in [4.69, 9.17) is 0 Å². The van der Waals surface area contributed by atoms with E-state index in [0.29, 0.717) is 0 Å². The molecule has 2 aliphatic carbocycles.